The summed E-state index contributed by atoms with van der Waals surface area (Å²) in [6, 6.07) is 0. The number of ether oxygens (including phenoxy) is 2. The maximum atomic E-state index is 5.96. The normalized spacial score (nSPS) is 33.4. The van der Waals surface area contributed by atoms with Crippen LogP contribution in [0, 0.1) is 5.92 Å². The van der Waals surface area contributed by atoms with Gasteiger partial charge in [-0.25, -0.2) is 0 Å². The lowest BCUT2D eigenvalue weighted by Gasteiger charge is -2.37. The maximum Gasteiger partial charge on any atom is 0.0939 e. The minimum absolute atomic E-state index is 0.0970. The third kappa shape index (κ3) is 3.94. The highest BCUT2D eigenvalue weighted by Gasteiger charge is 2.40. The Morgan fingerprint density at radius 1 is 1.29 bits per heavy atom. The van der Waals surface area contributed by atoms with Gasteiger partial charge in [-0.15, -0.1) is 0 Å². The van der Waals surface area contributed by atoms with Crippen LogP contribution in [0.1, 0.15) is 45.4 Å². The first kappa shape index (κ1) is 13.3. The topological polar surface area (TPSA) is 30.5 Å². The molecular weight excluding hydrogens is 214 g/mol. The Balaban J connectivity index is 1.63. The van der Waals surface area contributed by atoms with Gasteiger partial charge in [0, 0.05) is 19.6 Å². The first-order valence-corrected chi connectivity index (χ1v) is 7.27. The maximum absolute atomic E-state index is 5.96. The van der Waals surface area contributed by atoms with Gasteiger partial charge in [-0.1, -0.05) is 6.92 Å². The second-order valence-electron chi connectivity index (χ2n) is 5.59. The van der Waals surface area contributed by atoms with E-state index in [1.54, 1.807) is 0 Å². The van der Waals surface area contributed by atoms with Crippen molar-refractivity contribution in [1.82, 2.24) is 5.32 Å². The van der Waals surface area contributed by atoms with E-state index in [1.165, 1.54) is 38.6 Å². The van der Waals surface area contributed by atoms with Crippen LogP contribution in [0.3, 0.4) is 0 Å². The molecule has 0 amide bonds. The van der Waals surface area contributed by atoms with Gasteiger partial charge in [-0.05, 0) is 51.1 Å². The van der Waals surface area contributed by atoms with Crippen molar-refractivity contribution in [2.45, 2.75) is 51.0 Å². The van der Waals surface area contributed by atoms with Crippen molar-refractivity contribution in [3.8, 4) is 0 Å². The molecule has 0 aromatic rings. The average molecular weight is 241 g/mol. The van der Waals surface area contributed by atoms with E-state index in [1.807, 2.05) is 0 Å². The molecule has 17 heavy (non-hydrogen) atoms. The van der Waals surface area contributed by atoms with Crippen LogP contribution in [-0.2, 0) is 9.47 Å². The van der Waals surface area contributed by atoms with Crippen LogP contribution in [0.15, 0.2) is 0 Å². The van der Waals surface area contributed by atoms with Crippen molar-refractivity contribution in [2.75, 3.05) is 32.9 Å². The van der Waals surface area contributed by atoms with E-state index in [4.69, 9.17) is 9.47 Å². The minimum Gasteiger partial charge on any atom is -0.378 e. The van der Waals surface area contributed by atoms with Gasteiger partial charge in [0.1, 0.15) is 0 Å². The Morgan fingerprint density at radius 3 is 3.00 bits per heavy atom. The van der Waals surface area contributed by atoms with Crippen molar-refractivity contribution in [3.63, 3.8) is 0 Å². The van der Waals surface area contributed by atoms with E-state index >= 15 is 0 Å². The Bertz CT molecular complexity index is 214. The molecule has 0 radical (unpaired) electrons. The van der Waals surface area contributed by atoms with Crippen molar-refractivity contribution >= 4 is 0 Å². The zero-order valence-electron chi connectivity index (χ0n) is 11.2. The van der Waals surface area contributed by atoms with Gasteiger partial charge in [0.2, 0.25) is 0 Å². The Kier molecular flexibility index (Phi) is 5.26. The third-order valence-corrected chi connectivity index (χ3v) is 4.05. The van der Waals surface area contributed by atoms with E-state index in [0.717, 1.165) is 38.7 Å². The Labute approximate surface area is 105 Å². The summed E-state index contributed by atoms with van der Waals surface area (Å²) in [7, 11) is 0. The first-order chi connectivity index (χ1) is 8.35. The molecule has 0 aromatic carbocycles. The summed E-state index contributed by atoms with van der Waals surface area (Å²) in [4.78, 5) is 0. The monoisotopic (exact) mass is 241 g/mol. The zero-order chi connectivity index (χ0) is 12.0. The molecule has 0 bridgehead atoms. The highest BCUT2D eigenvalue weighted by Crippen LogP contribution is 2.37. The Morgan fingerprint density at radius 2 is 2.24 bits per heavy atom. The van der Waals surface area contributed by atoms with Crippen molar-refractivity contribution in [3.05, 3.63) is 0 Å². The number of hydrogen-bond acceptors (Lipinski definition) is 3. The van der Waals surface area contributed by atoms with Crippen LogP contribution in [0.5, 0.6) is 0 Å². The predicted molar refractivity (Wildman–Crippen MR) is 69.2 cm³/mol. The van der Waals surface area contributed by atoms with E-state index < -0.39 is 0 Å². The van der Waals surface area contributed by atoms with E-state index in [-0.39, 0.29) is 5.60 Å². The molecule has 0 aliphatic carbocycles. The minimum atomic E-state index is 0.0970. The van der Waals surface area contributed by atoms with Crippen LogP contribution >= 0.6 is 0 Å². The van der Waals surface area contributed by atoms with Crippen molar-refractivity contribution in [2.24, 2.45) is 5.92 Å². The molecular formula is C14H27NO2. The molecule has 0 aromatic heterocycles. The number of hydrogen-bond donors (Lipinski definition) is 1. The standard InChI is InChI=1S/C14H27NO2/c1-2-7-15-8-3-4-13-5-9-17-14(11-13)6-10-16-12-14/h13,15H,2-12H2,1H3. The SMILES string of the molecule is CCCNCCCC1CCOC2(CCOC2)C1. The third-order valence-electron chi connectivity index (χ3n) is 4.05. The summed E-state index contributed by atoms with van der Waals surface area (Å²) >= 11 is 0. The summed E-state index contributed by atoms with van der Waals surface area (Å²) in [6.07, 6.45) is 7.47. The van der Waals surface area contributed by atoms with Gasteiger partial charge in [0.25, 0.3) is 0 Å². The van der Waals surface area contributed by atoms with E-state index in [9.17, 15) is 0 Å². The molecule has 3 heteroatoms. The highest BCUT2D eigenvalue weighted by atomic mass is 16.6. The van der Waals surface area contributed by atoms with Gasteiger partial charge < -0.3 is 14.8 Å². The van der Waals surface area contributed by atoms with Gasteiger partial charge in [-0.3, -0.25) is 0 Å². The van der Waals surface area contributed by atoms with Crippen LogP contribution < -0.4 is 5.32 Å². The van der Waals surface area contributed by atoms with Crippen LogP contribution in [0.25, 0.3) is 0 Å². The van der Waals surface area contributed by atoms with Crippen LogP contribution in [0.2, 0.25) is 0 Å². The molecule has 2 aliphatic heterocycles. The lowest BCUT2D eigenvalue weighted by Crippen LogP contribution is -2.40. The number of rotatable bonds is 6. The van der Waals surface area contributed by atoms with Crippen LogP contribution in [-0.4, -0.2) is 38.5 Å². The van der Waals surface area contributed by atoms with Gasteiger partial charge in [0.05, 0.1) is 12.2 Å². The predicted octanol–water partition coefficient (Wildman–Crippen LogP) is 2.35. The van der Waals surface area contributed by atoms with Gasteiger partial charge in [-0.2, -0.15) is 0 Å². The van der Waals surface area contributed by atoms with E-state index in [2.05, 4.69) is 12.2 Å². The molecule has 100 valence electrons. The van der Waals surface area contributed by atoms with Gasteiger partial charge in [0.15, 0.2) is 0 Å². The molecule has 2 unspecified atom stereocenters. The van der Waals surface area contributed by atoms with E-state index in [0.29, 0.717) is 0 Å². The van der Waals surface area contributed by atoms with Gasteiger partial charge >= 0.3 is 0 Å². The molecule has 0 saturated carbocycles. The fourth-order valence-corrected chi connectivity index (χ4v) is 3.06. The quantitative estimate of drug-likeness (QED) is 0.724. The molecule has 2 atom stereocenters. The summed E-state index contributed by atoms with van der Waals surface area (Å²) in [5.41, 5.74) is 0.0970. The molecule has 1 spiro atoms. The average Bonchev–Trinajstić information content (AvgIpc) is 2.77. The summed E-state index contributed by atoms with van der Waals surface area (Å²) in [6.45, 7) is 7.22. The molecule has 2 heterocycles. The molecule has 2 rings (SSSR count). The number of nitrogens with one attached hydrogen (secondary N) is 1. The fourth-order valence-electron chi connectivity index (χ4n) is 3.06. The molecule has 1 N–H and O–H groups in total. The zero-order valence-corrected chi connectivity index (χ0v) is 11.2. The fraction of sp³-hybridized carbons (Fsp3) is 1.00. The Hall–Kier alpha value is -0.120. The molecule has 2 aliphatic rings. The summed E-state index contributed by atoms with van der Waals surface area (Å²) in [5, 5.41) is 3.48. The first-order valence-electron chi connectivity index (χ1n) is 7.27. The van der Waals surface area contributed by atoms with Crippen molar-refractivity contribution in [1.29, 1.82) is 0 Å². The van der Waals surface area contributed by atoms with Crippen molar-refractivity contribution < 1.29 is 9.47 Å². The second-order valence-corrected chi connectivity index (χ2v) is 5.59. The smallest absolute Gasteiger partial charge is 0.0939 e. The lowest BCUT2D eigenvalue weighted by molar-refractivity contribution is -0.0989. The summed E-state index contributed by atoms with van der Waals surface area (Å²) < 4.78 is 11.5. The van der Waals surface area contributed by atoms with Crippen LogP contribution in [0.4, 0.5) is 0 Å². The molecule has 3 nitrogen and oxygen atoms in total. The molecule has 2 fully saturated rings. The highest BCUT2D eigenvalue weighted by molar-refractivity contribution is 4.90. The largest absolute Gasteiger partial charge is 0.378 e. The summed E-state index contributed by atoms with van der Waals surface area (Å²) in [5.74, 6) is 0.855. The second kappa shape index (κ2) is 6.72. The molecule has 2 saturated heterocycles. The lowest BCUT2D eigenvalue weighted by atomic mass is 9.83.